The molecule has 0 aromatic carbocycles. The molecule has 40 heavy (non-hydrogen) atoms. The van der Waals surface area contributed by atoms with Crippen molar-refractivity contribution < 1.29 is 825 Å². The standard InChI is InChI=1S/4Co.36Pt. The van der Waals surface area contributed by atoms with Gasteiger partial charge in [-0.15, -0.1) is 0 Å². The Bertz CT molecular complexity index is 18.8. The van der Waals surface area contributed by atoms with Crippen molar-refractivity contribution in [3.63, 3.8) is 0 Å². The number of hydrogen-bond acceptors (Lipinski definition) is 0. The second kappa shape index (κ2) is 385. The first kappa shape index (κ1) is 403. The average Bonchev–Trinajstić information content (AvgIpc) is 0. The predicted octanol–water partition coefficient (Wildman–Crippen LogP) is -0.100. The zero-order valence-corrected chi connectivity index (χ0v) is 98.7. The molecule has 0 N–H and O–H groups in total. The van der Waals surface area contributed by atoms with Crippen LogP contribution in [0.25, 0.3) is 0 Å². The molecule has 40 heteroatoms. The fourth-order valence-corrected chi connectivity index (χ4v) is 0. The van der Waals surface area contributed by atoms with Crippen LogP contribution in [0.5, 0.6) is 0 Å². The van der Waals surface area contributed by atoms with Gasteiger partial charge in [0.1, 0.15) is 0 Å². The molecule has 0 unspecified atom stereocenters. The van der Waals surface area contributed by atoms with Crippen molar-refractivity contribution in [3.05, 3.63) is 0 Å². The molecule has 4 radical (unpaired) electrons. The van der Waals surface area contributed by atoms with E-state index in [-0.39, 0.29) is 825 Å². The molecule has 0 bridgehead atoms. The van der Waals surface area contributed by atoms with E-state index >= 15 is 0 Å². The normalized spacial score (nSPS) is 0. The van der Waals surface area contributed by atoms with Crippen LogP contribution in [0.2, 0.25) is 0 Å². The molecule has 0 aliphatic carbocycles. The van der Waals surface area contributed by atoms with Crippen LogP contribution in [0.3, 0.4) is 0 Å². The van der Waals surface area contributed by atoms with Crippen molar-refractivity contribution in [2.24, 2.45) is 0 Å². The average molecular weight is 7260 g/mol. The first-order chi connectivity index (χ1) is 0. The molecular formula is Co4Pt36. The summed E-state index contributed by atoms with van der Waals surface area (Å²) < 4.78 is 0. The summed E-state index contributed by atoms with van der Waals surface area (Å²) in [6, 6.07) is 0. The molecule has 0 saturated heterocycles. The van der Waals surface area contributed by atoms with Gasteiger partial charge < -0.3 is 0 Å². The molecule has 0 aliphatic rings. The van der Waals surface area contributed by atoms with Gasteiger partial charge >= 0.3 is 0 Å². The summed E-state index contributed by atoms with van der Waals surface area (Å²) in [5, 5.41) is 0. The van der Waals surface area contributed by atoms with E-state index < -0.39 is 0 Å². The summed E-state index contributed by atoms with van der Waals surface area (Å²) in [4.78, 5) is 0. The maximum Gasteiger partial charge on any atom is 0 e. The van der Waals surface area contributed by atoms with Gasteiger partial charge in [0.25, 0.3) is 0 Å². The molecule has 0 fully saturated rings. The number of rotatable bonds is 0. The monoisotopic (exact) mass is 7250 g/mol. The molecule has 0 aromatic heterocycles. The van der Waals surface area contributed by atoms with Crippen LogP contribution in [0.15, 0.2) is 0 Å². The molecule has 0 atom stereocenters. The van der Waals surface area contributed by atoms with E-state index in [1.165, 1.54) is 0 Å². The largest absolute Gasteiger partial charge is 0 e. The van der Waals surface area contributed by atoms with Gasteiger partial charge in [-0.25, -0.2) is 0 Å². The van der Waals surface area contributed by atoms with Crippen molar-refractivity contribution in [2.75, 3.05) is 0 Å². The van der Waals surface area contributed by atoms with Gasteiger partial charge in [-0.2, -0.15) is 0 Å². The molecule has 0 nitrogen and oxygen atoms in total. The molecule has 0 aliphatic heterocycles. The predicted molar refractivity (Wildman–Crippen MR) is 0 cm³/mol. The topological polar surface area (TPSA) is 0 Å². The van der Waals surface area contributed by atoms with E-state index in [0.29, 0.717) is 0 Å². The summed E-state index contributed by atoms with van der Waals surface area (Å²) in [5.74, 6) is 0. The zero-order valence-electron chi connectivity index (χ0n) is 12.7. The van der Waals surface area contributed by atoms with Crippen LogP contribution in [0.1, 0.15) is 0 Å². The fourth-order valence-electron chi connectivity index (χ4n) is 0. The summed E-state index contributed by atoms with van der Waals surface area (Å²) in [5.41, 5.74) is 0. The Morgan fingerprint density at radius 1 is 0.0500 bits per heavy atom. The van der Waals surface area contributed by atoms with Crippen molar-refractivity contribution in [1.82, 2.24) is 0 Å². The molecule has 0 aromatic rings. The van der Waals surface area contributed by atoms with Crippen LogP contribution >= 0.6 is 0 Å². The Hall–Kier alpha value is 26.8. The van der Waals surface area contributed by atoms with Gasteiger partial charge in [0.2, 0.25) is 0 Å². The van der Waals surface area contributed by atoms with Gasteiger partial charge in [0.05, 0.1) is 0 Å². The molecule has 396 valence electrons. The first-order valence-electron chi connectivity index (χ1n) is 0. The second-order valence-corrected chi connectivity index (χ2v) is 0. The first-order valence-corrected chi connectivity index (χ1v) is 0. The van der Waals surface area contributed by atoms with Crippen molar-refractivity contribution in [1.29, 1.82) is 0 Å². The summed E-state index contributed by atoms with van der Waals surface area (Å²) in [6.07, 6.45) is 0. The van der Waals surface area contributed by atoms with Crippen molar-refractivity contribution >= 4 is 0 Å². The molecule has 0 saturated carbocycles. The van der Waals surface area contributed by atoms with Crippen molar-refractivity contribution in [3.8, 4) is 0 Å². The van der Waals surface area contributed by atoms with Gasteiger partial charge in [0, 0.05) is 825 Å². The van der Waals surface area contributed by atoms with E-state index in [4.69, 9.17) is 0 Å². The Labute approximate surface area is 801 Å². The van der Waals surface area contributed by atoms with E-state index in [9.17, 15) is 0 Å². The Morgan fingerprint density at radius 3 is 0.0500 bits per heavy atom. The Morgan fingerprint density at radius 2 is 0.0500 bits per heavy atom. The molecule has 0 rings (SSSR count). The maximum absolute atomic E-state index is 0. The zero-order chi connectivity index (χ0) is 0. The summed E-state index contributed by atoms with van der Waals surface area (Å²) in [6.45, 7) is 0. The minimum Gasteiger partial charge on any atom is 0 e. The smallest absolute Gasteiger partial charge is 0 e. The fraction of sp³-hybridized carbons (Fsp3) is 0. The minimum absolute atomic E-state index is 0. The van der Waals surface area contributed by atoms with E-state index in [1.54, 1.807) is 0 Å². The third-order valence-corrected chi connectivity index (χ3v) is 0. The van der Waals surface area contributed by atoms with Crippen LogP contribution in [-0.4, -0.2) is 0 Å². The van der Waals surface area contributed by atoms with Crippen LogP contribution in [-0.2, 0) is 825 Å². The summed E-state index contributed by atoms with van der Waals surface area (Å²) >= 11 is 0. The van der Waals surface area contributed by atoms with Gasteiger partial charge in [-0.05, 0) is 0 Å². The van der Waals surface area contributed by atoms with E-state index in [1.807, 2.05) is 0 Å². The molecule has 0 heterocycles. The Balaban J connectivity index is 0. The quantitative estimate of drug-likeness (QED) is 0.319. The SMILES string of the molecule is [Co].[Co].[Co].[Co].[Pt].[Pt].[Pt].[Pt].[Pt].[Pt].[Pt].[Pt].[Pt].[Pt].[Pt].[Pt].[Pt].[Pt].[Pt].[Pt].[Pt].[Pt].[Pt].[Pt].[Pt].[Pt].[Pt].[Pt].[Pt].[Pt].[Pt].[Pt].[Pt].[Pt].[Pt].[Pt].[Pt].[Pt].[Pt].[Pt]. The van der Waals surface area contributed by atoms with E-state index in [0.717, 1.165) is 0 Å². The van der Waals surface area contributed by atoms with Gasteiger partial charge in [0.15, 0.2) is 0 Å². The molecule has 0 amide bonds. The third kappa shape index (κ3) is 367. The van der Waals surface area contributed by atoms with E-state index in [2.05, 4.69) is 0 Å². The summed E-state index contributed by atoms with van der Waals surface area (Å²) in [7, 11) is 0. The molecular weight excluding hydrogens is 7260 g/mol. The minimum atomic E-state index is 0. The van der Waals surface area contributed by atoms with Crippen molar-refractivity contribution in [2.45, 2.75) is 0 Å². The molecule has 0 spiro atoms. The van der Waals surface area contributed by atoms with Crippen LogP contribution < -0.4 is 0 Å². The maximum atomic E-state index is 0. The van der Waals surface area contributed by atoms with Gasteiger partial charge in [-0.1, -0.05) is 0 Å². The Kier molecular flexibility index (Phi) is 3870. The number of hydrogen-bond donors (Lipinski definition) is 0. The third-order valence-electron chi connectivity index (χ3n) is 0. The second-order valence-electron chi connectivity index (χ2n) is 0. The van der Waals surface area contributed by atoms with Crippen LogP contribution in [0, 0.1) is 0 Å². The van der Waals surface area contributed by atoms with Crippen LogP contribution in [0.4, 0.5) is 0 Å². The van der Waals surface area contributed by atoms with Gasteiger partial charge in [-0.3, -0.25) is 0 Å².